The van der Waals surface area contributed by atoms with E-state index in [4.69, 9.17) is 4.74 Å². The molecular weight excluding hydrogens is 216 g/mol. The molecule has 0 spiro atoms. The summed E-state index contributed by atoms with van der Waals surface area (Å²) in [6, 6.07) is 0.309. The topological polar surface area (TPSA) is 67.4 Å². The molecule has 0 aromatic rings. The maximum atomic E-state index is 10.7. The molecule has 0 aliphatic rings. The third-order valence-electron chi connectivity index (χ3n) is 1.78. The summed E-state index contributed by atoms with van der Waals surface area (Å²) in [6.45, 7) is 6.68. The highest BCUT2D eigenvalue weighted by Gasteiger charge is 2.01. The van der Waals surface area contributed by atoms with Crippen molar-refractivity contribution in [3.05, 3.63) is 0 Å². The molecule has 0 saturated heterocycles. The van der Waals surface area contributed by atoms with Crippen LogP contribution in [0, 0.1) is 0 Å². The van der Waals surface area contributed by atoms with Gasteiger partial charge in [0.2, 0.25) is 10.0 Å². The van der Waals surface area contributed by atoms with Gasteiger partial charge in [-0.1, -0.05) is 0 Å². The third kappa shape index (κ3) is 11.8. The predicted octanol–water partition coefficient (Wildman–Crippen LogP) is -0.0597. The minimum Gasteiger partial charge on any atom is -0.380 e. The maximum absolute atomic E-state index is 10.7. The van der Waals surface area contributed by atoms with Gasteiger partial charge in [-0.3, -0.25) is 0 Å². The first kappa shape index (κ1) is 14.8. The van der Waals surface area contributed by atoms with Crippen LogP contribution in [0.1, 0.15) is 20.3 Å². The molecule has 0 bridgehead atoms. The first-order chi connectivity index (χ1) is 6.95. The summed E-state index contributed by atoms with van der Waals surface area (Å²) >= 11 is 0. The van der Waals surface area contributed by atoms with E-state index in [1.54, 1.807) is 0 Å². The Labute approximate surface area is 92.6 Å². The van der Waals surface area contributed by atoms with Crippen molar-refractivity contribution in [2.24, 2.45) is 0 Å². The highest BCUT2D eigenvalue weighted by Crippen LogP contribution is 1.85. The van der Waals surface area contributed by atoms with E-state index in [9.17, 15) is 8.42 Å². The normalized spacial score (nSPS) is 14.1. The lowest BCUT2D eigenvalue weighted by Crippen LogP contribution is -2.33. The Morgan fingerprint density at radius 3 is 2.53 bits per heavy atom. The Balaban J connectivity index is 3.31. The number of nitrogens with one attached hydrogen (secondary N) is 2. The van der Waals surface area contributed by atoms with E-state index in [1.807, 2.05) is 13.8 Å². The van der Waals surface area contributed by atoms with E-state index in [0.29, 0.717) is 19.2 Å². The van der Waals surface area contributed by atoms with Crippen molar-refractivity contribution in [2.45, 2.75) is 26.3 Å². The van der Waals surface area contributed by atoms with Gasteiger partial charge in [-0.25, -0.2) is 13.1 Å². The fourth-order valence-corrected chi connectivity index (χ4v) is 1.56. The van der Waals surface area contributed by atoms with Gasteiger partial charge in [0.05, 0.1) is 12.9 Å². The third-order valence-corrected chi connectivity index (χ3v) is 2.51. The molecule has 0 aromatic heterocycles. The van der Waals surface area contributed by atoms with Gasteiger partial charge in [-0.15, -0.1) is 0 Å². The van der Waals surface area contributed by atoms with E-state index in [1.165, 1.54) is 0 Å². The number of hydrogen-bond donors (Lipinski definition) is 2. The second kappa shape index (κ2) is 8.04. The molecule has 0 fully saturated rings. The lowest BCUT2D eigenvalue weighted by atomic mass is 10.3. The van der Waals surface area contributed by atoms with Gasteiger partial charge in [0.25, 0.3) is 0 Å². The molecule has 6 heteroatoms. The smallest absolute Gasteiger partial charge is 0.208 e. The van der Waals surface area contributed by atoms with E-state index in [0.717, 1.165) is 25.8 Å². The molecule has 0 rings (SSSR count). The number of hydrogen-bond acceptors (Lipinski definition) is 4. The van der Waals surface area contributed by atoms with Gasteiger partial charge in [0.1, 0.15) is 0 Å². The highest BCUT2D eigenvalue weighted by atomic mass is 32.2. The van der Waals surface area contributed by atoms with Gasteiger partial charge < -0.3 is 10.1 Å². The van der Waals surface area contributed by atoms with E-state index in [-0.39, 0.29) is 0 Å². The Morgan fingerprint density at radius 1 is 1.33 bits per heavy atom. The monoisotopic (exact) mass is 238 g/mol. The number of rotatable bonds is 9. The Hall–Kier alpha value is -0.170. The fraction of sp³-hybridized carbons (Fsp3) is 1.00. The largest absolute Gasteiger partial charge is 0.380 e. The molecule has 2 N–H and O–H groups in total. The van der Waals surface area contributed by atoms with Crippen molar-refractivity contribution in [3.8, 4) is 0 Å². The van der Waals surface area contributed by atoms with Crippen molar-refractivity contribution in [1.82, 2.24) is 10.0 Å². The van der Waals surface area contributed by atoms with Crippen molar-refractivity contribution in [3.63, 3.8) is 0 Å². The zero-order valence-electron chi connectivity index (χ0n) is 9.75. The van der Waals surface area contributed by atoms with Crippen molar-refractivity contribution >= 4 is 10.0 Å². The van der Waals surface area contributed by atoms with Crippen LogP contribution in [0.3, 0.4) is 0 Å². The first-order valence-corrected chi connectivity index (χ1v) is 7.10. The molecule has 92 valence electrons. The summed E-state index contributed by atoms with van der Waals surface area (Å²) in [7, 11) is -3.04. The average molecular weight is 238 g/mol. The summed E-state index contributed by atoms with van der Waals surface area (Å²) in [5.41, 5.74) is 0. The molecule has 15 heavy (non-hydrogen) atoms. The first-order valence-electron chi connectivity index (χ1n) is 5.21. The summed E-state index contributed by atoms with van der Waals surface area (Å²) in [6.07, 6.45) is 1.95. The van der Waals surface area contributed by atoms with Gasteiger partial charge in [0, 0.05) is 19.2 Å². The lowest BCUT2D eigenvalue weighted by molar-refractivity contribution is 0.127. The molecule has 0 aliphatic heterocycles. The Morgan fingerprint density at radius 2 is 2.00 bits per heavy atom. The summed E-state index contributed by atoms with van der Waals surface area (Å²) in [5, 5.41) is 3.24. The van der Waals surface area contributed by atoms with Crippen LogP contribution >= 0.6 is 0 Å². The van der Waals surface area contributed by atoms with Gasteiger partial charge >= 0.3 is 0 Å². The second-order valence-electron chi connectivity index (χ2n) is 3.53. The lowest BCUT2D eigenvalue weighted by Gasteiger charge is -2.13. The van der Waals surface area contributed by atoms with Gasteiger partial charge in [-0.2, -0.15) is 0 Å². The van der Waals surface area contributed by atoms with Gasteiger partial charge in [-0.05, 0) is 26.8 Å². The summed E-state index contributed by atoms with van der Waals surface area (Å²) < 4.78 is 29.1. The molecule has 0 amide bonds. The Kier molecular flexibility index (Phi) is 7.95. The molecule has 0 saturated carbocycles. The minimum absolute atomic E-state index is 0.309. The van der Waals surface area contributed by atoms with E-state index in [2.05, 4.69) is 10.0 Å². The van der Waals surface area contributed by atoms with Crippen LogP contribution in [0.15, 0.2) is 0 Å². The molecule has 1 unspecified atom stereocenters. The maximum Gasteiger partial charge on any atom is 0.208 e. The summed E-state index contributed by atoms with van der Waals surface area (Å²) in [4.78, 5) is 0. The van der Waals surface area contributed by atoms with E-state index >= 15 is 0 Å². The van der Waals surface area contributed by atoms with Crippen LogP contribution in [-0.2, 0) is 14.8 Å². The molecule has 0 radical (unpaired) electrons. The zero-order valence-corrected chi connectivity index (χ0v) is 10.6. The van der Waals surface area contributed by atoms with E-state index < -0.39 is 10.0 Å². The zero-order chi connectivity index (χ0) is 11.7. The fourth-order valence-electron chi connectivity index (χ4n) is 1.05. The number of sulfonamides is 1. The molecule has 1 atom stereocenters. The molecule has 5 nitrogen and oxygen atoms in total. The molecular formula is C9H22N2O3S. The quantitative estimate of drug-likeness (QED) is 0.552. The van der Waals surface area contributed by atoms with Crippen LogP contribution in [0.25, 0.3) is 0 Å². The van der Waals surface area contributed by atoms with Crippen LogP contribution in [0.2, 0.25) is 0 Å². The standard InChI is InChI=1S/C9H22N2O3S/c1-4-14-8-9(2)10-6-5-7-11-15(3,12)13/h9-11H,4-8H2,1-3H3. The van der Waals surface area contributed by atoms with Crippen molar-refractivity contribution in [1.29, 1.82) is 0 Å². The van der Waals surface area contributed by atoms with Crippen LogP contribution in [-0.4, -0.2) is 47.0 Å². The SMILES string of the molecule is CCOCC(C)NCCCNS(C)(=O)=O. The van der Waals surface area contributed by atoms with Crippen molar-refractivity contribution in [2.75, 3.05) is 32.6 Å². The Bertz CT molecular complexity index is 242. The number of ether oxygens (including phenoxy) is 1. The minimum atomic E-state index is -3.04. The molecule has 0 aromatic carbocycles. The average Bonchev–Trinajstić information content (AvgIpc) is 2.12. The van der Waals surface area contributed by atoms with Crippen molar-refractivity contribution < 1.29 is 13.2 Å². The van der Waals surface area contributed by atoms with Crippen LogP contribution < -0.4 is 10.0 Å². The molecule has 0 aliphatic carbocycles. The summed E-state index contributed by atoms with van der Waals surface area (Å²) in [5.74, 6) is 0. The second-order valence-corrected chi connectivity index (χ2v) is 5.37. The predicted molar refractivity (Wildman–Crippen MR) is 61.4 cm³/mol. The van der Waals surface area contributed by atoms with Gasteiger partial charge in [0.15, 0.2) is 0 Å². The molecule has 0 heterocycles. The van der Waals surface area contributed by atoms with Crippen LogP contribution in [0.4, 0.5) is 0 Å². The highest BCUT2D eigenvalue weighted by molar-refractivity contribution is 7.88. The van der Waals surface area contributed by atoms with Crippen LogP contribution in [0.5, 0.6) is 0 Å².